The highest BCUT2D eigenvalue weighted by Gasteiger charge is 2.27. The van der Waals surface area contributed by atoms with Crippen LogP contribution < -0.4 is 0 Å². The van der Waals surface area contributed by atoms with E-state index in [9.17, 15) is 0 Å². The second-order valence-electron chi connectivity index (χ2n) is 4.19. The standard InChI is InChI=1S/C10H21NO/c1-9(2)10-7-11(8-10)5-3-4-6-12/h9-10,12H,3-8H2,1-2H3. The number of nitrogens with zero attached hydrogens (tertiary/aromatic N) is 1. The van der Waals surface area contributed by atoms with Gasteiger partial charge in [-0.1, -0.05) is 13.8 Å². The van der Waals surface area contributed by atoms with Crippen LogP contribution in [0.1, 0.15) is 26.7 Å². The first kappa shape index (κ1) is 10.0. The molecule has 0 aromatic heterocycles. The van der Waals surface area contributed by atoms with Gasteiger partial charge < -0.3 is 10.0 Å². The van der Waals surface area contributed by atoms with Crippen molar-refractivity contribution in [1.29, 1.82) is 0 Å². The van der Waals surface area contributed by atoms with Gasteiger partial charge in [-0.3, -0.25) is 0 Å². The maximum Gasteiger partial charge on any atom is 0.0431 e. The summed E-state index contributed by atoms with van der Waals surface area (Å²) in [7, 11) is 0. The van der Waals surface area contributed by atoms with Gasteiger partial charge in [-0.15, -0.1) is 0 Å². The zero-order chi connectivity index (χ0) is 8.97. The van der Waals surface area contributed by atoms with E-state index in [0.29, 0.717) is 6.61 Å². The lowest BCUT2D eigenvalue weighted by Gasteiger charge is -2.41. The SMILES string of the molecule is CC(C)C1CN(CCCCO)C1. The lowest BCUT2D eigenvalue weighted by atomic mass is 9.88. The highest BCUT2D eigenvalue weighted by molar-refractivity contribution is 4.81. The molecule has 2 heteroatoms. The van der Waals surface area contributed by atoms with Gasteiger partial charge in [0.15, 0.2) is 0 Å². The summed E-state index contributed by atoms with van der Waals surface area (Å²) < 4.78 is 0. The molecule has 12 heavy (non-hydrogen) atoms. The smallest absolute Gasteiger partial charge is 0.0431 e. The van der Waals surface area contributed by atoms with Crippen molar-refractivity contribution in [3.63, 3.8) is 0 Å². The Hall–Kier alpha value is -0.0800. The first-order valence-electron chi connectivity index (χ1n) is 5.07. The Morgan fingerprint density at radius 3 is 2.50 bits per heavy atom. The number of unbranched alkanes of at least 4 members (excludes halogenated alkanes) is 1. The van der Waals surface area contributed by atoms with E-state index in [1.54, 1.807) is 0 Å². The van der Waals surface area contributed by atoms with E-state index in [1.807, 2.05) is 0 Å². The summed E-state index contributed by atoms with van der Waals surface area (Å²) in [6, 6.07) is 0. The van der Waals surface area contributed by atoms with Gasteiger partial charge in [0.1, 0.15) is 0 Å². The molecule has 1 fully saturated rings. The topological polar surface area (TPSA) is 23.5 Å². The highest BCUT2D eigenvalue weighted by atomic mass is 16.2. The molecule has 0 aromatic carbocycles. The normalized spacial score (nSPS) is 20.0. The number of likely N-dealkylation sites (tertiary alicyclic amines) is 1. The number of hydrogen-bond acceptors (Lipinski definition) is 2. The molecule has 0 radical (unpaired) electrons. The largest absolute Gasteiger partial charge is 0.396 e. The van der Waals surface area contributed by atoms with Crippen molar-refractivity contribution in [1.82, 2.24) is 4.90 Å². The van der Waals surface area contributed by atoms with Gasteiger partial charge in [-0.05, 0) is 31.2 Å². The zero-order valence-corrected chi connectivity index (χ0v) is 8.29. The average Bonchev–Trinajstić information content (AvgIpc) is 1.93. The summed E-state index contributed by atoms with van der Waals surface area (Å²) in [5.41, 5.74) is 0. The molecule has 72 valence electrons. The predicted molar refractivity (Wildman–Crippen MR) is 51.1 cm³/mol. The Kier molecular flexibility index (Phi) is 4.02. The monoisotopic (exact) mass is 171 g/mol. The van der Waals surface area contributed by atoms with Crippen LogP contribution in [-0.4, -0.2) is 36.2 Å². The number of hydrogen-bond donors (Lipinski definition) is 1. The molecule has 0 amide bonds. The number of rotatable bonds is 5. The zero-order valence-electron chi connectivity index (χ0n) is 8.29. The van der Waals surface area contributed by atoms with Crippen molar-refractivity contribution in [3.05, 3.63) is 0 Å². The van der Waals surface area contributed by atoms with Gasteiger partial charge in [-0.2, -0.15) is 0 Å². The van der Waals surface area contributed by atoms with E-state index in [2.05, 4.69) is 18.7 Å². The van der Waals surface area contributed by atoms with Crippen LogP contribution >= 0.6 is 0 Å². The molecule has 1 N–H and O–H groups in total. The van der Waals surface area contributed by atoms with Gasteiger partial charge in [0.2, 0.25) is 0 Å². The van der Waals surface area contributed by atoms with Crippen LogP contribution in [0.3, 0.4) is 0 Å². The third-order valence-electron chi connectivity index (χ3n) is 2.81. The Bertz CT molecular complexity index is 119. The molecule has 1 heterocycles. The van der Waals surface area contributed by atoms with Crippen LogP contribution in [-0.2, 0) is 0 Å². The Morgan fingerprint density at radius 1 is 1.33 bits per heavy atom. The summed E-state index contributed by atoms with van der Waals surface area (Å²) >= 11 is 0. The lowest BCUT2D eigenvalue weighted by molar-refractivity contribution is 0.0657. The molecule has 0 unspecified atom stereocenters. The van der Waals surface area contributed by atoms with Gasteiger partial charge in [-0.25, -0.2) is 0 Å². The fraction of sp³-hybridized carbons (Fsp3) is 1.00. The van der Waals surface area contributed by atoms with Crippen LogP contribution in [0.2, 0.25) is 0 Å². The maximum atomic E-state index is 8.59. The van der Waals surface area contributed by atoms with Crippen molar-refractivity contribution < 1.29 is 5.11 Å². The van der Waals surface area contributed by atoms with E-state index in [-0.39, 0.29) is 0 Å². The average molecular weight is 171 g/mol. The molecule has 2 nitrogen and oxygen atoms in total. The van der Waals surface area contributed by atoms with E-state index in [1.165, 1.54) is 19.6 Å². The molecule has 0 aromatic rings. The first-order valence-corrected chi connectivity index (χ1v) is 5.07. The minimum atomic E-state index is 0.349. The molecule has 1 saturated heterocycles. The van der Waals surface area contributed by atoms with Crippen LogP contribution in [0.5, 0.6) is 0 Å². The third-order valence-corrected chi connectivity index (χ3v) is 2.81. The van der Waals surface area contributed by atoms with Gasteiger partial charge in [0, 0.05) is 19.7 Å². The predicted octanol–water partition coefficient (Wildman–Crippen LogP) is 1.35. The molecule has 0 spiro atoms. The molecular weight excluding hydrogens is 150 g/mol. The molecule has 0 atom stereocenters. The fourth-order valence-electron chi connectivity index (χ4n) is 1.66. The Labute approximate surface area is 75.6 Å². The van der Waals surface area contributed by atoms with E-state index in [0.717, 1.165) is 24.7 Å². The third kappa shape index (κ3) is 2.76. The maximum absolute atomic E-state index is 8.59. The van der Waals surface area contributed by atoms with Crippen LogP contribution in [0, 0.1) is 11.8 Å². The second kappa shape index (κ2) is 4.83. The van der Waals surface area contributed by atoms with Crippen molar-refractivity contribution in [2.24, 2.45) is 11.8 Å². The van der Waals surface area contributed by atoms with Crippen molar-refractivity contribution >= 4 is 0 Å². The van der Waals surface area contributed by atoms with E-state index in [4.69, 9.17) is 5.11 Å². The molecule has 0 aliphatic carbocycles. The summed E-state index contributed by atoms with van der Waals surface area (Å²) in [6.45, 7) is 8.70. The second-order valence-corrected chi connectivity index (χ2v) is 4.19. The molecular formula is C10H21NO. The summed E-state index contributed by atoms with van der Waals surface area (Å²) in [4.78, 5) is 2.49. The highest BCUT2D eigenvalue weighted by Crippen LogP contribution is 2.23. The summed E-state index contributed by atoms with van der Waals surface area (Å²) in [5.74, 6) is 1.78. The van der Waals surface area contributed by atoms with Crippen molar-refractivity contribution in [3.8, 4) is 0 Å². The Balaban J connectivity index is 1.95. The molecule has 1 rings (SSSR count). The van der Waals surface area contributed by atoms with Gasteiger partial charge in [0.25, 0.3) is 0 Å². The molecule has 1 aliphatic rings. The van der Waals surface area contributed by atoms with Crippen LogP contribution in [0.25, 0.3) is 0 Å². The minimum absolute atomic E-state index is 0.349. The van der Waals surface area contributed by atoms with Gasteiger partial charge in [0.05, 0.1) is 0 Å². The summed E-state index contributed by atoms with van der Waals surface area (Å²) in [5, 5.41) is 8.59. The quantitative estimate of drug-likeness (QED) is 0.631. The molecule has 0 bridgehead atoms. The van der Waals surface area contributed by atoms with Crippen molar-refractivity contribution in [2.75, 3.05) is 26.2 Å². The van der Waals surface area contributed by atoms with Gasteiger partial charge >= 0.3 is 0 Å². The van der Waals surface area contributed by atoms with Crippen LogP contribution in [0.15, 0.2) is 0 Å². The lowest BCUT2D eigenvalue weighted by Crippen LogP contribution is -2.49. The first-order chi connectivity index (χ1) is 5.74. The van der Waals surface area contributed by atoms with Crippen molar-refractivity contribution in [2.45, 2.75) is 26.7 Å². The summed E-state index contributed by atoms with van der Waals surface area (Å²) in [6.07, 6.45) is 2.12. The van der Waals surface area contributed by atoms with E-state index < -0.39 is 0 Å². The number of aliphatic hydroxyl groups is 1. The van der Waals surface area contributed by atoms with E-state index >= 15 is 0 Å². The number of aliphatic hydroxyl groups excluding tert-OH is 1. The fourth-order valence-corrected chi connectivity index (χ4v) is 1.66. The van der Waals surface area contributed by atoms with Crippen LogP contribution in [0.4, 0.5) is 0 Å². The minimum Gasteiger partial charge on any atom is -0.396 e. The molecule has 0 saturated carbocycles. The Morgan fingerprint density at radius 2 is 2.00 bits per heavy atom. The molecule has 1 aliphatic heterocycles.